The van der Waals surface area contributed by atoms with Crippen molar-refractivity contribution in [1.82, 2.24) is 9.62 Å². The number of nitrogens with zero attached hydrogens (tertiary/aromatic N) is 1. The van der Waals surface area contributed by atoms with Gasteiger partial charge in [0, 0.05) is 12.1 Å². The van der Waals surface area contributed by atoms with Gasteiger partial charge in [0.25, 0.3) is 10.0 Å². The van der Waals surface area contributed by atoms with Crippen molar-refractivity contribution in [2.75, 3.05) is 20.8 Å². The lowest BCUT2D eigenvalue weighted by atomic mass is 10.1. The summed E-state index contributed by atoms with van der Waals surface area (Å²) in [5, 5.41) is 3.14. The zero-order valence-corrected chi connectivity index (χ0v) is 21.7. The molecule has 0 radical (unpaired) electrons. The topological polar surface area (TPSA) is 111 Å². The Balaban J connectivity index is 2.03. The Bertz CT molecular complexity index is 1350. The maximum absolute atomic E-state index is 13.9. The van der Waals surface area contributed by atoms with Gasteiger partial charge in [0.1, 0.15) is 30.0 Å². The molecule has 1 atom stereocenters. The summed E-state index contributed by atoms with van der Waals surface area (Å²) in [7, 11) is -2.03. The molecule has 0 aliphatic heterocycles. The first-order chi connectivity index (χ1) is 17.7. The van der Waals surface area contributed by atoms with Crippen molar-refractivity contribution < 1.29 is 32.2 Å². The molecule has 0 bridgehead atoms. The average Bonchev–Trinajstić information content (AvgIpc) is 2.90. The number of hydrogen-bond donors (Lipinski definition) is 1. The van der Waals surface area contributed by atoms with Crippen LogP contribution in [0.2, 0.25) is 5.02 Å². The highest BCUT2D eigenvalue weighted by Crippen LogP contribution is 2.32. The van der Waals surface area contributed by atoms with Crippen LogP contribution in [-0.2, 0) is 29.1 Å². The summed E-state index contributed by atoms with van der Waals surface area (Å²) in [6.45, 7) is 3.32. The third kappa shape index (κ3) is 6.88. The van der Waals surface area contributed by atoms with Crippen molar-refractivity contribution in [1.29, 1.82) is 0 Å². The molecule has 0 saturated carbocycles. The number of methoxy groups -OCH3 is 2. The summed E-state index contributed by atoms with van der Waals surface area (Å²) < 4.78 is 43.8. The second kappa shape index (κ2) is 12.4. The average molecular weight is 545 g/mol. The third-order valence-electron chi connectivity index (χ3n) is 5.04. The van der Waals surface area contributed by atoms with E-state index in [1.807, 2.05) is 0 Å². The highest BCUT2D eigenvalue weighted by molar-refractivity contribution is 7.89. The van der Waals surface area contributed by atoms with Crippen molar-refractivity contribution in [3.63, 3.8) is 0 Å². The normalized spacial score (nSPS) is 11.8. The zero-order valence-electron chi connectivity index (χ0n) is 20.1. The fraction of sp³-hybridized carbons (Fsp3) is 0.154. The summed E-state index contributed by atoms with van der Waals surface area (Å²) in [5.74, 6) is -0.729. The van der Waals surface area contributed by atoms with E-state index in [9.17, 15) is 18.0 Å². The Hall–Kier alpha value is -3.86. The van der Waals surface area contributed by atoms with Crippen molar-refractivity contribution in [2.45, 2.75) is 11.1 Å². The van der Waals surface area contributed by atoms with Crippen LogP contribution in [0, 0.1) is 0 Å². The molecule has 11 heteroatoms. The molecule has 3 aromatic carbocycles. The van der Waals surface area contributed by atoms with Gasteiger partial charge in [-0.25, -0.2) is 17.5 Å². The van der Waals surface area contributed by atoms with Gasteiger partial charge >= 0.3 is 5.97 Å². The second-order valence-corrected chi connectivity index (χ2v) is 9.83. The number of ether oxygens (including phenoxy) is 3. The number of benzene rings is 3. The molecule has 1 amide bonds. The number of amides is 1. The first-order valence-corrected chi connectivity index (χ1v) is 12.7. The highest BCUT2D eigenvalue weighted by Gasteiger charge is 2.37. The van der Waals surface area contributed by atoms with Crippen LogP contribution in [0.4, 0.5) is 0 Å². The number of hydrogen-bond acceptors (Lipinski definition) is 7. The van der Waals surface area contributed by atoms with Crippen molar-refractivity contribution in [2.24, 2.45) is 0 Å². The molecule has 0 fully saturated rings. The maximum Gasteiger partial charge on any atom is 0.354 e. The molecule has 3 aromatic rings. The SMILES string of the molecule is C=C(C(=O)OC)N(C(NC(=O)COC)c1ccccc1)S(=O)(=O)c1ccc(Oc2ccc(Cl)cc2)cc1. The lowest BCUT2D eigenvalue weighted by Gasteiger charge is -2.33. The molecule has 194 valence electrons. The number of rotatable bonds is 11. The van der Waals surface area contributed by atoms with E-state index in [4.69, 9.17) is 25.8 Å². The highest BCUT2D eigenvalue weighted by atomic mass is 35.5. The van der Waals surface area contributed by atoms with Gasteiger partial charge in [-0.3, -0.25) is 4.79 Å². The fourth-order valence-corrected chi connectivity index (χ4v) is 4.97. The summed E-state index contributed by atoms with van der Waals surface area (Å²) in [5.41, 5.74) is -0.126. The molecule has 0 saturated heterocycles. The fourth-order valence-electron chi connectivity index (χ4n) is 3.32. The van der Waals surface area contributed by atoms with Gasteiger partial charge in [0.05, 0.1) is 12.0 Å². The number of halogens is 1. The van der Waals surface area contributed by atoms with E-state index in [-0.39, 0.29) is 11.5 Å². The smallest absolute Gasteiger partial charge is 0.354 e. The van der Waals surface area contributed by atoms with Crippen LogP contribution in [0.5, 0.6) is 11.5 Å². The van der Waals surface area contributed by atoms with Crippen LogP contribution in [-0.4, -0.2) is 45.4 Å². The summed E-state index contributed by atoms with van der Waals surface area (Å²) in [4.78, 5) is 24.8. The van der Waals surface area contributed by atoms with E-state index in [2.05, 4.69) is 11.9 Å². The van der Waals surface area contributed by atoms with Crippen LogP contribution in [0.25, 0.3) is 0 Å². The van der Waals surface area contributed by atoms with E-state index in [0.29, 0.717) is 22.1 Å². The van der Waals surface area contributed by atoms with Crippen LogP contribution in [0.3, 0.4) is 0 Å². The number of nitrogens with one attached hydrogen (secondary N) is 1. The van der Waals surface area contributed by atoms with Crippen molar-refractivity contribution in [3.8, 4) is 11.5 Å². The maximum atomic E-state index is 13.9. The van der Waals surface area contributed by atoms with Gasteiger partial charge in [0.15, 0.2) is 0 Å². The predicted octanol–water partition coefficient (Wildman–Crippen LogP) is 4.27. The van der Waals surface area contributed by atoms with Gasteiger partial charge < -0.3 is 19.5 Å². The quantitative estimate of drug-likeness (QED) is 0.218. The molecule has 1 unspecified atom stereocenters. The Morgan fingerprint density at radius 3 is 2.05 bits per heavy atom. The van der Waals surface area contributed by atoms with Gasteiger partial charge in [0.2, 0.25) is 5.91 Å². The lowest BCUT2D eigenvalue weighted by Crippen LogP contribution is -2.46. The predicted molar refractivity (Wildman–Crippen MR) is 137 cm³/mol. The largest absolute Gasteiger partial charge is 0.464 e. The number of sulfonamides is 1. The van der Waals surface area contributed by atoms with Gasteiger partial charge in [-0.15, -0.1) is 0 Å². The molecule has 1 N–H and O–H groups in total. The van der Waals surface area contributed by atoms with Crippen LogP contribution in [0.15, 0.2) is 96.0 Å². The van der Waals surface area contributed by atoms with E-state index in [0.717, 1.165) is 11.4 Å². The minimum absolute atomic E-state index is 0.178. The molecule has 0 heterocycles. The van der Waals surface area contributed by atoms with Gasteiger partial charge in [-0.2, -0.15) is 0 Å². The van der Waals surface area contributed by atoms with E-state index >= 15 is 0 Å². The van der Waals surface area contributed by atoms with Crippen LogP contribution in [0.1, 0.15) is 11.7 Å². The molecular formula is C26H25ClN2O7S. The molecule has 3 rings (SSSR count). The van der Waals surface area contributed by atoms with E-state index < -0.39 is 33.8 Å². The van der Waals surface area contributed by atoms with E-state index in [1.165, 1.54) is 31.4 Å². The monoisotopic (exact) mass is 544 g/mol. The third-order valence-corrected chi connectivity index (χ3v) is 7.11. The molecule has 0 aliphatic carbocycles. The van der Waals surface area contributed by atoms with E-state index in [1.54, 1.807) is 54.6 Å². The minimum Gasteiger partial charge on any atom is -0.464 e. The van der Waals surface area contributed by atoms with Crippen molar-refractivity contribution >= 4 is 33.5 Å². The summed E-state index contributed by atoms with van der Waals surface area (Å²) in [6, 6.07) is 20.5. The Morgan fingerprint density at radius 2 is 1.51 bits per heavy atom. The minimum atomic E-state index is -4.45. The van der Waals surface area contributed by atoms with Gasteiger partial charge in [-0.1, -0.05) is 48.5 Å². The zero-order chi connectivity index (χ0) is 27.0. The molecule has 37 heavy (non-hydrogen) atoms. The second-order valence-electron chi connectivity index (χ2n) is 7.58. The summed E-state index contributed by atoms with van der Waals surface area (Å²) in [6.07, 6.45) is -1.33. The Morgan fingerprint density at radius 1 is 0.946 bits per heavy atom. The molecule has 0 spiro atoms. The lowest BCUT2D eigenvalue weighted by molar-refractivity contribution is -0.138. The number of esters is 1. The molecule has 0 aliphatic rings. The number of carbonyl (C=O) groups excluding carboxylic acids is 2. The van der Waals surface area contributed by atoms with Crippen molar-refractivity contribution in [3.05, 3.63) is 102 Å². The molecule has 0 aromatic heterocycles. The summed E-state index contributed by atoms with van der Waals surface area (Å²) >= 11 is 5.89. The van der Waals surface area contributed by atoms with Crippen LogP contribution < -0.4 is 10.1 Å². The van der Waals surface area contributed by atoms with Crippen LogP contribution >= 0.6 is 11.6 Å². The van der Waals surface area contributed by atoms with Gasteiger partial charge in [-0.05, 0) is 54.1 Å². The first-order valence-electron chi connectivity index (χ1n) is 10.9. The Labute approximate surface area is 220 Å². The molecule has 9 nitrogen and oxygen atoms in total. The Kier molecular flexibility index (Phi) is 9.29. The molecular weight excluding hydrogens is 520 g/mol. The standard InChI is InChI=1S/C26H25ClN2O7S/c1-18(26(31)35-3)29(25(28-24(30)17-34-2)19-7-5-4-6-8-19)37(32,33)23-15-13-22(14-16-23)36-21-11-9-20(27)10-12-21/h4-16,25H,1,17H2,2-3H3,(H,28,30). The first kappa shape index (κ1) is 27.7. The number of carbonyl (C=O) groups is 2.